The lowest BCUT2D eigenvalue weighted by atomic mass is 9.95. The van der Waals surface area contributed by atoms with Gasteiger partial charge in [0.05, 0.1) is 11.5 Å². The van der Waals surface area contributed by atoms with E-state index >= 15 is 0 Å². The molecule has 0 spiro atoms. The summed E-state index contributed by atoms with van der Waals surface area (Å²) in [5, 5.41) is 2.99. The fourth-order valence-electron chi connectivity index (χ4n) is 5.75. The van der Waals surface area contributed by atoms with Crippen LogP contribution in [-0.4, -0.2) is 66.8 Å². The van der Waals surface area contributed by atoms with Crippen molar-refractivity contribution >= 4 is 29.1 Å². The second-order valence-electron chi connectivity index (χ2n) is 11.3. The topological polar surface area (TPSA) is 73.0 Å². The third-order valence-electron chi connectivity index (χ3n) is 7.80. The van der Waals surface area contributed by atoms with E-state index in [1.807, 2.05) is 72.2 Å². The summed E-state index contributed by atoms with van der Waals surface area (Å²) in [4.78, 5) is 45.9. The van der Waals surface area contributed by atoms with Crippen LogP contribution >= 0.6 is 0 Å². The number of carbonyl (C=O) groups is 3. The minimum atomic E-state index is -0.136. The lowest BCUT2D eigenvalue weighted by molar-refractivity contribution is -0.132. The number of benzene rings is 2. The summed E-state index contributed by atoms with van der Waals surface area (Å²) in [5.74, 6) is 0.288. The van der Waals surface area contributed by atoms with Gasteiger partial charge in [-0.3, -0.25) is 14.4 Å². The Labute approximate surface area is 233 Å². The van der Waals surface area contributed by atoms with E-state index in [2.05, 4.69) is 17.1 Å². The molecule has 7 nitrogen and oxygen atoms in total. The molecule has 2 heterocycles. The van der Waals surface area contributed by atoms with E-state index in [1.165, 1.54) is 0 Å². The van der Waals surface area contributed by atoms with Crippen LogP contribution in [0.1, 0.15) is 81.1 Å². The predicted octanol–water partition coefficient (Wildman–Crippen LogP) is 5.53. The Morgan fingerprint density at radius 1 is 0.821 bits per heavy atom. The zero-order chi connectivity index (χ0) is 27.8. The van der Waals surface area contributed by atoms with Crippen LogP contribution in [0.25, 0.3) is 0 Å². The first kappa shape index (κ1) is 28.7. The van der Waals surface area contributed by atoms with Crippen molar-refractivity contribution in [2.45, 2.75) is 65.2 Å². The molecule has 2 aliphatic heterocycles. The van der Waals surface area contributed by atoms with Crippen LogP contribution in [-0.2, 0) is 9.59 Å². The molecule has 0 radical (unpaired) electrons. The van der Waals surface area contributed by atoms with Crippen LogP contribution in [0.2, 0.25) is 0 Å². The molecule has 0 unspecified atom stereocenters. The Hall–Kier alpha value is -3.35. The van der Waals surface area contributed by atoms with Crippen molar-refractivity contribution in [3.8, 4) is 0 Å². The second-order valence-corrected chi connectivity index (χ2v) is 11.3. The van der Waals surface area contributed by atoms with Crippen molar-refractivity contribution < 1.29 is 14.4 Å². The number of anilines is 2. The summed E-state index contributed by atoms with van der Waals surface area (Å²) >= 11 is 0. The molecule has 3 amide bonds. The van der Waals surface area contributed by atoms with Gasteiger partial charge in [-0.2, -0.15) is 0 Å². The third kappa shape index (κ3) is 7.40. The first-order valence-corrected chi connectivity index (χ1v) is 14.7. The van der Waals surface area contributed by atoms with E-state index in [4.69, 9.17) is 0 Å². The number of nitrogens with one attached hydrogen (secondary N) is 1. The Morgan fingerprint density at radius 2 is 1.54 bits per heavy atom. The molecule has 1 N–H and O–H groups in total. The Balaban J connectivity index is 1.54. The molecule has 7 heteroatoms. The summed E-state index contributed by atoms with van der Waals surface area (Å²) in [6.45, 7) is 10.4. The van der Waals surface area contributed by atoms with E-state index in [0.717, 1.165) is 63.0 Å². The predicted molar refractivity (Wildman–Crippen MR) is 157 cm³/mol. The molecule has 0 saturated carbocycles. The van der Waals surface area contributed by atoms with Gasteiger partial charge >= 0.3 is 0 Å². The summed E-state index contributed by atoms with van der Waals surface area (Å²) in [6.07, 6.45) is 5.23. The van der Waals surface area contributed by atoms with Gasteiger partial charge in [-0.05, 0) is 61.8 Å². The quantitative estimate of drug-likeness (QED) is 0.485. The first-order chi connectivity index (χ1) is 18.9. The first-order valence-electron chi connectivity index (χ1n) is 14.7. The van der Waals surface area contributed by atoms with Crippen molar-refractivity contribution in [2.24, 2.45) is 5.92 Å². The standard InChI is InChI=1S/C32H44N4O3/c1-4-27(25-12-7-5-8-13-25)31(38)36-19-11-18-34(20-21-36)29-15-14-26(33-30(37)22-24(2)3)23-28(29)32(39)35-16-9-6-10-17-35/h5,7-8,12-15,23-24,27H,4,6,9-11,16-22H2,1-3H3,(H,33,37)/t27-/m0/s1. The Morgan fingerprint density at radius 3 is 2.23 bits per heavy atom. The van der Waals surface area contributed by atoms with E-state index in [-0.39, 0.29) is 29.6 Å². The molecule has 0 bridgehead atoms. The van der Waals surface area contributed by atoms with Gasteiger partial charge in [0.2, 0.25) is 11.8 Å². The fourth-order valence-corrected chi connectivity index (χ4v) is 5.75. The summed E-state index contributed by atoms with van der Waals surface area (Å²) in [7, 11) is 0. The van der Waals surface area contributed by atoms with Gasteiger partial charge in [-0.15, -0.1) is 0 Å². The molecule has 2 fully saturated rings. The maximum absolute atomic E-state index is 13.7. The average Bonchev–Trinajstić information content (AvgIpc) is 3.20. The Kier molecular flexibility index (Phi) is 10.0. The fraction of sp³-hybridized carbons (Fsp3) is 0.531. The van der Waals surface area contributed by atoms with Gasteiger partial charge in [0, 0.05) is 57.1 Å². The van der Waals surface area contributed by atoms with Crippen LogP contribution in [0.4, 0.5) is 11.4 Å². The highest BCUT2D eigenvalue weighted by atomic mass is 16.2. The van der Waals surface area contributed by atoms with Crippen molar-refractivity contribution in [3.05, 3.63) is 59.7 Å². The van der Waals surface area contributed by atoms with Gasteiger partial charge in [-0.25, -0.2) is 0 Å². The SMILES string of the molecule is CC[C@H](C(=O)N1CCCN(c2ccc(NC(=O)CC(C)C)cc2C(=O)N2CCCCC2)CC1)c1ccccc1. The van der Waals surface area contributed by atoms with Crippen LogP contribution in [0.5, 0.6) is 0 Å². The molecule has 1 atom stereocenters. The van der Waals surface area contributed by atoms with E-state index < -0.39 is 0 Å². The molecular formula is C32H44N4O3. The lowest BCUT2D eigenvalue weighted by Crippen LogP contribution is -2.39. The zero-order valence-electron chi connectivity index (χ0n) is 23.8. The summed E-state index contributed by atoms with van der Waals surface area (Å²) in [5.41, 5.74) is 3.24. The molecule has 210 valence electrons. The smallest absolute Gasteiger partial charge is 0.256 e. The summed E-state index contributed by atoms with van der Waals surface area (Å²) in [6, 6.07) is 15.8. The minimum Gasteiger partial charge on any atom is -0.369 e. The van der Waals surface area contributed by atoms with Crippen molar-refractivity contribution in [1.82, 2.24) is 9.80 Å². The number of nitrogens with zero attached hydrogens (tertiary/aromatic N) is 3. The molecule has 39 heavy (non-hydrogen) atoms. The van der Waals surface area contributed by atoms with E-state index in [1.54, 1.807) is 0 Å². The Bertz CT molecular complexity index is 1130. The average molecular weight is 533 g/mol. The normalized spacial score (nSPS) is 17.1. The van der Waals surface area contributed by atoms with Crippen LogP contribution in [0.15, 0.2) is 48.5 Å². The van der Waals surface area contributed by atoms with Crippen LogP contribution in [0, 0.1) is 5.92 Å². The lowest BCUT2D eigenvalue weighted by Gasteiger charge is -2.31. The van der Waals surface area contributed by atoms with Gasteiger partial charge < -0.3 is 20.0 Å². The van der Waals surface area contributed by atoms with Crippen LogP contribution in [0.3, 0.4) is 0 Å². The number of likely N-dealkylation sites (tertiary alicyclic amines) is 1. The largest absolute Gasteiger partial charge is 0.369 e. The monoisotopic (exact) mass is 532 g/mol. The van der Waals surface area contributed by atoms with Crippen molar-refractivity contribution in [1.29, 1.82) is 0 Å². The highest BCUT2D eigenvalue weighted by Gasteiger charge is 2.29. The molecule has 2 aliphatic rings. The molecule has 0 aromatic heterocycles. The number of hydrogen-bond acceptors (Lipinski definition) is 4. The van der Waals surface area contributed by atoms with Gasteiger partial charge in [0.15, 0.2) is 0 Å². The number of hydrogen-bond donors (Lipinski definition) is 1. The number of rotatable bonds is 8. The van der Waals surface area contributed by atoms with Gasteiger partial charge in [0.1, 0.15) is 0 Å². The van der Waals surface area contributed by atoms with Crippen molar-refractivity contribution in [3.63, 3.8) is 0 Å². The molecule has 0 aliphatic carbocycles. The molecule has 2 aromatic carbocycles. The molecule has 2 saturated heterocycles. The maximum atomic E-state index is 13.7. The van der Waals surface area contributed by atoms with Gasteiger partial charge in [-0.1, -0.05) is 51.1 Å². The number of piperidine rings is 1. The minimum absolute atomic E-state index is 0.0250. The molecule has 4 rings (SSSR count). The summed E-state index contributed by atoms with van der Waals surface area (Å²) < 4.78 is 0. The van der Waals surface area contributed by atoms with Gasteiger partial charge in [0.25, 0.3) is 5.91 Å². The maximum Gasteiger partial charge on any atom is 0.256 e. The van der Waals surface area contributed by atoms with Crippen LogP contribution < -0.4 is 10.2 Å². The highest BCUT2D eigenvalue weighted by Crippen LogP contribution is 2.29. The van der Waals surface area contributed by atoms with E-state index in [9.17, 15) is 14.4 Å². The number of amides is 3. The second kappa shape index (κ2) is 13.6. The molecular weight excluding hydrogens is 488 g/mol. The molecule has 2 aromatic rings. The number of carbonyl (C=O) groups excluding carboxylic acids is 3. The van der Waals surface area contributed by atoms with Crippen molar-refractivity contribution in [2.75, 3.05) is 49.5 Å². The highest BCUT2D eigenvalue weighted by molar-refractivity contribution is 6.02. The van der Waals surface area contributed by atoms with E-state index in [0.29, 0.717) is 37.3 Å². The third-order valence-corrected chi connectivity index (χ3v) is 7.80. The zero-order valence-corrected chi connectivity index (χ0v) is 23.8.